The molecule has 1 aromatic rings. The molecule has 31 heavy (non-hydrogen) atoms. The number of carbonyl (C=O) groups is 2. The van der Waals surface area contributed by atoms with Crippen LogP contribution in [0.3, 0.4) is 0 Å². The monoisotopic (exact) mass is 426 g/mol. The fourth-order valence-corrected chi connectivity index (χ4v) is 5.53. The number of hydrogen-bond donors (Lipinski definition) is 1. The quantitative estimate of drug-likeness (QED) is 0.266. The smallest absolute Gasteiger partial charge is 0.305 e. The Balaban J connectivity index is 1.63. The van der Waals surface area contributed by atoms with Crippen LogP contribution in [0, 0.1) is 11.3 Å². The zero-order chi connectivity index (χ0) is 22.3. The van der Waals surface area contributed by atoms with E-state index in [1.807, 2.05) is 0 Å². The number of hydrogen-bond acceptors (Lipinski definition) is 4. The molecule has 1 aromatic carbocycles. The van der Waals surface area contributed by atoms with Crippen molar-refractivity contribution in [2.24, 2.45) is 11.3 Å². The van der Waals surface area contributed by atoms with E-state index in [9.17, 15) is 14.7 Å². The Kier molecular flexibility index (Phi) is 8.48. The number of allylic oxidation sites excluding steroid dienone is 2. The Bertz CT molecular complexity index is 777. The number of benzene rings is 1. The van der Waals surface area contributed by atoms with Gasteiger partial charge in [-0.3, -0.25) is 9.59 Å². The van der Waals surface area contributed by atoms with Crippen molar-refractivity contribution < 1.29 is 19.4 Å². The van der Waals surface area contributed by atoms with Crippen molar-refractivity contribution in [2.75, 3.05) is 7.11 Å². The van der Waals surface area contributed by atoms with Crippen molar-refractivity contribution in [3.05, 3.63) is 47.5 Å². The number of ether oxygens (including phenoxy) is 1. The third-order valence-corrected chi connectivity index (χ3v) is 7.47. The molecule has 0 aromatic heterocycles. The SMILES string of the molecule is CCCC1(C(O)c2cccc([C@H]3CCC(=O)[C@@H]3CC=CCCCC(=O)OC)c2)CCC1. The average molecular weight is 427 g/mol. The highest BCUT2D eigenvalue weighted by Gasteiger charge is 2.43. The summed E-state index contributed by atoms with van der Waals surface area (Å²) < 4.78 is 4.66. The predicted molar refractivity (Wildman–Crippen MR) is 123 cm³/mol. The first-order valence-corrected chi connectivity index (χ1v) is 12.0. The number of esters is 1. The summed E-state index contributed by atoms with van der Waals surface area (Å²) in [5.41, 5.74) is 2.25. The molecule has 3 atom stereocenters. The van der Waals surface area contributed by atoms with E-state index in [0.717, 1.165) is 56.9 Å². The maximum Gasteiger partial charge on any atom is 0.305 e. The van der Waals surface area contributed by atoms with E-state index >= 15 is 0 Å². The number of aliphatic hydroxyl groups is 1. The van der Waals surface area contributed by atoms with Crippen LogP contribution in [0.4, 0.5) is 0 Å². The van der Waals surface area contributed by atoms with Gasteiger partial charge in [-0.15, -0.1) is 0 Å². The van der Waals surface area contributed by atoms with Crippen LogP contribution in [0.25, 0.3) is 0 Å². The van der Waals surface area contributed by atoms with Crippen molar-refractivity contribution >= 4 is 11.8 Å². The molecule has 0 saturated heterocycles. The van der Waals surface area contributed by atoms with Gasteiger partial charge in [0.15, 0.2) is 0 Å². The van der Waals surface area contributed by atoms with Crippen LogP contribution in [0.5, 0.6) is 0 Å². The fourth-order valence-electron chi connectivity index (χ4n) is 5.53. The van der Waals surface area contributed by atoms with Gasteiger partial charge in [-0.25, -0.2) is 0 Å². The average Bonchev–Trinajstić information content (AvgIpc) is 3.13. The molecule has 3 rings (SSSR count). The number of methoxy groups -OCH3 is 1. The summed E-state index contributed by atoms with van der Waals surface area (Å²) in [5, 5.41) is 11.2. The van der Waals surface area contributed by atoms with Crippen LogP contribution < -0.4 is 0 Å². The molecule has 0 heterocycles. The van der Waals surface area contributed by atoms with Gasteiger partial charge in [0.2, 0.25) is 0 Å². The highest BCUT2D eigenvalue weighted by Crippen LogP contribution is 2.53. The predicted octanol–water partition coefficient (Wildman–Crippen LogP) is 6.04. The van der Waals surface area contributed by atoms with E-state index in [4.69, 9.17) is 0 Å². The van der Waals surface area contributed by atoms with Gasteiger partial charge >= 0.3 is 5.97 Å². The zero-order valence-corrected chi connectivity index (χ0v) is 19.1. The number of carbonyl (C=O) groups excluding carboxylic acids is 2. The molecule has 2 aliphatic rings. The normalized spacial score (nSPS) is 23.6. The van der Waals surface area contributed by atoms with Gasteiger partial charge in [0.1, 0.15) is 5.78 Å². The largest absolute Gasteiger partial charge is 0.469 e. The highest BCUT2D eigenvalue weighted by molar-refractivity contribution is 5.84. The Hall–Kier alpha value is -1.94. The summed E-state index contributed by atoms with van der Waals surface area (Å²) in [4.78, 5) is 23.8. The minimum absolute atomic E-state index is 0.0116. The molecule has 170 valence electrons. The molecule has 0 aliphatic heterocycles. The van der Waals surface area contributed by atoms with Crippen LogP contribution in [-0.4, -0.2) is 24.0 Å². The molecule has 0 amide bonds. The lowest BCUT2D eigenvalue weighted by Crippen LogP contribution is -2.36. The van der Waals surface area contributed by atoms with Crippen LogP contribution >= 0.6 is 0 Å². The van der Waals surface area contributed by atoms with Gasteiger partial charge in [0, 0.05) is 24.2 Å². The maximum absolute atomic E-state index is 12.6. The third kappa shape index (κ3) is 5.65. The topological polar surface area (TPSA) is 63.6 Å². The first kappa shape index (κ1) is 23.7. The van der Waals surface area contributed by atoms with Gasteiger partial charge in [-0.2, -0.15) is 0 Å². The van der Waals surface area contributed by atoms with Crippen molar-refractivity contribution in [1.29, 1.82) is 0 Å². The standard InChI is InChI=1S/C27H38O4/c1-3-16-27(17-9-18-27)26(30)21-11-8-10-20(19-21)22-14-15-24(28)23(22)12-6-4-5-7-13-25(29)31-2/h4,6,8,10-11,19,22-23,26,30H,3,5,7,9,12-18H2,1-2H3/t22-,23-,26?/m1/s1. The van der Waals surface area contributed by atoms with Gasteiger partial charge in [0.05, 0.1) is 13.2 Å². The van der Waals surface area contributed by atoms with Crippen molar-refractivity contribution in [3.8, 4) is 0 Å². The van der Waals surface area contributed by atoms with Crippen LogP contribution in [0.1, 0.15) is 101 Å². The van der Waals surface area contributed by atoms with E-state index in [0.29, 0.717) is 18.6 Å². The summed E-state index contributed by atoms with van der Waals surface area (Å²) in [6, 6.07) is 8.39. The molecule has 2 fully saturated rings. The van der Waals surface area contributed by atoms with E-state index in [-0.39, 0.29) is 23.2 Å². The Labute approximate surface area is 187 Å². The Morgan fingerprint density at radius 2 is 2.13 bits per heavy atom. The molecule has 0 bridgehead atoms. The lowest BCUT2D eigenvalue weighted by Gasteiger charge is -2.46. The second kappa shape index (κ2) is 11.1. The lowest BCUT2D eigenvalue weighted by atomic mass is 9.61. The van der Waals surface area contributed by atoms with E-state index in [2.05, 4.69) is 48.1 Å². The molecule has 2 aliphatic carbocycles. The molecular weight excluding hydrogens is 388 g/mol. The molecule has 2 saturated carbocycles. The van der Waals surface area contributed by atoms with Gasteiger partial charge < -0.3 is 9.84 Å². The van der Waals surface area contributed by atoms with Crippen LogP contribution in [-0.2, 0) is 14.3 Å². The second-order valence-corrected chi connectivity index (χ2v) is 9.43. The fraction of sp³-hybridized carbons (Fsp3) is 0.630. The summed E-state index contributed by atoms with van der Waals surface area (Å²) in [6.45, 7) is 2.20. The first-order valence-electron chi connectivity index (χ1n) is 12.0. The number of rotatable bonds is 11. The maximum atomic E-state index is 12.6. The molecular formula is C27H38O4. The van der Waals surface area contributed by atoms with E-state index < -0.39 is 6.10 Å². The van der Waals surface area contributed by atoms with E-state index in [1.165, 1.54) is 19.1 Å². The second-order valence-electron chi connectivity index (χ2n) is 9.43. The highest BCUT2D eigenvalue weighted by atomic mass is 16.5. The van der Waals surface area contributed by atoms with Crippen molar-refractivity contribution in [3.63, 3.8) is 0 Å². The summed E-state index contributed by atoms with van der Waals surface area (Å²) in [7, 11) is 1.41. The zero-order valence-electron chi connectivity index (χ0n) is 19.1. The summed E-state index contributed by atoms with van der Waals surface area (Å²) in [5.74, 6) is 0.404. The molecule has 1 unspecified atom stereocenters. The number of Topliss-reactive ketones (excluding diaryl/α,β-unsaturated/α-hetero) is 1. The van der Waals surface area contributed by atoms with Gasteiger partial charge in [-0.05, 0) is 62.0 Å². The van der Waals surface area contributed by atoms with Gasteiger partial charge in [-0.1, -0.05) is 56.2 Å². The summed E-state index contributed by atoms with van der Waals surface area (Å²) >= 11 is 0. The van der Waals surface area contributed by atoms with Crippen LogP contribution in [0.2, 0.25) is 0 Å². The number of ketones is 1. The lowest BCUT2D eigenvalue weighted by molar-refractivity contribution is -0.140. The van der Waals surface area contributed by atoms with Crippen molar-refractivity contribution in [2.45, 2.75) is 89.6 Å². The Morgan fingerprint density at radius 1 is 1.32 bits per heavy atom. The number of aliphatic hydroxyl groups excluding tert-OH is 1. The van der Waals surface area contributed by atoms with Gasteiger partial charge in [0.25, 0.3) is 0 Å². The molecule has 0 radical (unpaired) electrons. The first-order chi connectivity index (χ1) is 15.0. The third-order valence-electron chi connectivity index (χ3n) is 7.47. The van der Waals surface area contributed by atoms with Crippen LogP contribution in [0.15, 0.2) is 36.4 Å². The van der Waals surface area contributed by atoms with E-state index in [1.54, 1.807) is 0 Å². The number of unbranched alkanes of at least 4 members (excludes halogenated alkanes) is 1. The summed E-state index contributed by atoms with van der Waals surface area (Å²) in [6.07, 6.45) is 13.7. The Morgan fingerprint density at radius 3 is 2.81 bits per heavy atom. The minimum Gasteiger partial charge on any atom is -0.469 e. The molecule has 4 heteroatoms. The molecule has 1 N–H and O–H groups in total. The van der Waals surface area contributed by atoms with Crippen molar-refractivity contribution in [1.82, 2.24) is 0 Å². The molecule has 0 spiro atoms. The molecule has 4 nitrogen and oxygen atoms in total. The minimum atomic E-state index is -0.411.